The van der Waals surface area contributed by atoms with E-state index >= 15 is 0 Å². The van der Waals surface area contributed by atoms with Gasteiger partial charge < -0.3 is 9.84 Å². The van der Waals surface area contributed by atoms with Crippen molar-refractivity contribution < 1.29 is 4.52 Å². The molecule has 0 fully saturated rings. The summed E-state index contributed by atoms with van der Waals surface area (Å²) in [6.07, 6.45) is 1.75. The van der Waals surface area contributed by atoms with E-state index in [1.807, 2.05) is 24.3 Å². The maximum absolute atomic E-state index is 5.40. The summed E-state index contributed by atoms with van der Waals surface area (Å²) in [7, 11) is 0. The van der Waals surface area contributed by atoms with Gasteiger partial charge in [0.25, 0.3) is 0 Å². The van der Waals surface area contributed by atoms with Crippen molar-refractivity contribution in [1.82, 2.24) is 15.1 Å². The third-order valence-corrected chi connectivity index (χ3v) is 4.45. The Bertz CT molecular complexity index is 1060. The number of hydrogen-bond donors (Lipinski definition) is 1. The van der Waals surface area contributed by atoms with Crippen molar-refractivity contribution in [1.29, 1.82) is 0 Å². The summed E-state index contributed by atoms with van der Waals surface area (Å²) in [4.78, 5) is 9.39. The summed E-state index contributed by atoms with van der Waals surface area (Å²) < 4.78 is 5.40. The molecule has 0 bridgehead atoms. The summed E-state index contributed by atoms with van der Waals surface area (Å²) >= 11 is 0. The number of nitrogens with zero attached hydrogens (tertiary/aromatic N) is 3. The second-order valence-electron chi connectivity index (χ2n) is 6.68. The molecule has 1 N–H and O–H groups in total. The number of rotatable bonds is 6. The van der Waals surface area contributed by atoms with Gasteiger partial charge in [-0.05, 0) is 37.1 Å². The van der Waals surface area contributed by atoms with E-state index in [0.717, 1.165) is 35.1 Å². The van der Waals surface area contributed by atoms with Crippen molar-refractivity contribution in [2.24, 2.45) is 0 Å². The molecule has 0 radical (unpaired) electrons. The van der Waals surface area contributed by atoms with Crippen LogP contribution in [-0.2, 0) is 13.0 Å². The first-order valence-corrected chi connectivity index (χ1v) is 9.25. The monoisotopic (exact) mass is 358 g/mol. The quantitative estimate of drug-likeness (QED) is 0.516. The molecule has 0 spiro atoms. The SMILES string of the molecule is CCCc1nc(-c2cc3cc(C)ccc3nc2NCc2ccccc2)no1. The molecule has 0 saturated carbocycles. The average molecular weight is 358 g/mol. The van der Waals surface area contributed by atoms with Crippen molar-refractivity contribution in [2.45, 2.75) is 33.2 Å². The zero-order chi connectivity index (χ0) is 18.6. The Morgan fingerprint density at radius 1 is 1.00 bits per heavy atom. The smallest absolute Gasteiger partial charge is 0.226 e. The van der Waals surface area contributed by atoms with Gasteiger partial charge in [-0.15, -0.1) is 0 Å². The van der Waals surface area contributed by atoms with Crippen LogP contribution < -0.4 is 5.32 Å². The fourth-order valence-corrected chi connectivity index (χ4v) is 3.06. The molecule has 27 heavy (non-hydrogen) atoms. The average Bonchev–Trinajstić information content (AvgIpc) is 3.15. The molecule has 0 aliphatic heterocycles. The molecule has 0 aliphatic carbocycles. The van der Waals surface area contributed by atoms with E-state index in [9.17, 15) is 0 Å². The summed E-state index contributed by atoms with van der Waals surface area (Å²) in [5, 5.41) is 8.69. The molecule has 0 aliphatic rings. The lowest BCUT2D eigenvalue weighted by Crippen LogP contribution is -2.04. The number of aromatic nitrogens is 3. The topological polar surface area (TPSA) is 63.8 Å². The molecule has 2 aromatic heterocycles. The molecule has 0 saturated heterocycles. The maximum atomic E-state index is 5.40. The van der Waals surface area contributed by atoms with Gasteiger partial charge >= 0.3 is 0 Å². The van der Waals surface area contributed by atoms with E-state index in [4.69, 9.17) is 9.51 Å². The van der Waals surface area contributed by atoms with E-state index in [0.29, 0.717) is 18.3 Å². The number of fused-ring (bicyclic) bond motifs is 1. The predicted octanol–water partition coefficient (Wildman–Crippen LogP) is 5.16. The van der Waals surface area contributed by atoms with Crippen LogP contribution >= 0.6 is 0 Å². The normalized spacial score (nSPS) is 11.0. The zero-order valence-corrected chi connectivity index (χ0v) is 15.6. The molecule has 4 rings (SSSR count). The lowest BCUT2D eigenvalue weighted by molar-refractivity contribution is 0.378. The molecular formula is C22H22N4O. The van der Waals surface area contributed by atoms with E-state index < -0.39 is 0 Å². The Kier molecular flexibility index (Phi) is 4.83. The van der Waals surface area contributed by atoms with Crippen LogP contribution in [0.15, 0.2) is 59.1 Å². The molecule has 2 aromatic carbocycles. The van der Waals surface area contributed by atoms with Crippen LogP contribution in [0.1, 0.15) is 30.4 Å². The van der Waals surface area contributed by atoms with Gasteiger partial charge in [0.15, 0.2) is 0 Å². The first kappa shape index (κ1) is 17.2. The van der Waals surface area contributed by atoms with Gasteiger partial charge in [-0.1, -0.05) is 54.0 Å². The third-order valence-electron chi connectivity index (χ3n) is 4.45. The summed E-state index contributed by atoms with van der Waals surface area (Å²) in [5.74, 6) is 2.00. The second kappa shape index (κ2) is 7.58. The Labute approximate surface area is 158 Å². The molecule has 136 valence electrons. The highest BCUT2D eigenvalue weighted by atomic mass is 16.5. The summed E-state index contributed by atoms with van der Waals surface area (Å²) in [5.41, 5.74) is 4.18. The Morgan fingerprint density at radius 3 is 2.67 bits per heavy atom. The Balaban J connectivity index is 1.75. The first-order valence-electron chi connectivity index (χ1n) is 9.25. The summed E-state index contributed by atoms with van der Waals surface area (Å²) in [6.45, 7) is 4.85. The van der Waals surface area contributed by atoms with Crippen LogP contribution in [0.3, 0.4) is 0 Å². The number of anilines is 1. The first-order chi connectivity index (χ1) is 13.2. The Hall–Kier alpha value is -3.21. The van der Waals surface area contributed by atoms with E-state index in [2.05, 4.69) is 59.6 Å². The number of aryl methyl sites for hydroxylation is 2. The third kappa shape index (κ3) is 3.82. The minimum Gasteiger partial charge on any atom is -0.365 e. The largest absolute Gasteiger partial charge is 0.365 e. The van der Waals surface area contributed by atoms with Crippen LogP contribution in [-0.4, -0.2) is 15.1 Å². The lowest BCUT2D eigenvalue weighted by Gasteiger charge is -2.11. The van der Waals surface area contributed by atoms with Crippen LogP contribution in [0.4, 0.5) is 5.82 Å². The fraction of sp³-hybridized carbons (Fsp3) is 0.227. The van der Waals surface area contributed by atoms with Crippen molar-refractivity contribution in [2.75, 3.05) is 5.32 Å². The van der Waals surface area contributed by atoms with Gasteiger partial charge in [0.2, 0.25) is 11.7 Å². The standard InChI is InChI=1S/C22H22N4O/c1-3-7-20-25-22(26-27-20)18-13-17-12-15(2)10-11-19(17)24-21(18)23-14-16-8-5-4-6-9-16/h4-6,8-13H,3,7,14H2,1-2H3,(H,23,24). The van der Waals surface area contributed by atoms with E-state index in [1.54, 1.807) is 0 Å². The van der Waals surface area contributed by atoms with Gasteiger partial charge in [0, 0.05) is 18.4 Å². The number of pyridine rings is 1. The zero-order valence-electron chi connectivity index (χ0n) is 15.6. The highest BCUT2D eigenvalue weighted by Crippen LogP contribution is 2.29. The van der Waals surface area contributed by atoms with E-state index in [1.165, 1.54) is 11.1 Å². The minimum absolute atomic E-state index is 0.574. The fourth-order valence-electron chi connectivity index (χ4n) is 3.06. The van der Waals surface area contributed by atoms with Gasteiger partial charge in [0.1, 0.15) is 5.82 Å². The highest BCUT2D eigenvalue weighted by molar-refractivity contribution is 5.88. The molecule has 4 aromatic rings. The van der Waals surface area contributed by atoms with Gasteiger partial charge in [-0.3, -0.25) is 0 Å². The molecule has 0 amide bonds. The van der Waals surface area contributed by atoms with E-state index in [-0.39, 0.29) is 0 Å². The molecule has 2 heterocycles. The van der Waals surface area contributed by atoms with Gasteiger partial charge in [0.05, 0.1) is 11.1 Å². The summed E-state index contributed by atoms with van der Waals surface area (Å²) in [6, 6.07) is 18.6. The Morgan fingerprint density at radius 2 is 1.85 bits per heavy atom. The van der Waals surface area contributed by atoms with Crippen LogP contribution in [0.25, 0.3) is 22.3 Å². The highest BCUT2D eigenvalue weighted by Gasteiger charge is 2.15. The van der Waals surface area contributed by atoms with Gasteiger partial charge in [-0.2, -0.15) is 4.98 Å². The number of benzene rings is 2. The maximum Gasteiger partial charge on any atom is 0.226 e. The molecule has 5 heteroatoms. The van der Waals surface area contributed by atoms with Crippen molar-refractivity contribution in [3.8, 4) is 11.4 Å². The predicted molar refractivity (Wildman–Crippen MR) is 108 cm³/mol. The minimum atomic E-state index is 0.574. The second-order valence-corrected chi connectivity index (χ2v) is 6.68. The van der Waals surface area contributed by atoms with Crippen LogP contribution in [0.5, 0.6) is 0 Å². The number of nitrogens with one attached hydrogen (secondary N) is 1. The van der Waals surface area contributed by atoms with Crippen LogP contribution in [0, 0.1) is 6.92 Å². The van der Waals surface area contributed by atoms with Crippen LogP contribution in [0.2, 0.25) is 0 Å². The molecular weight excluding hydrogens is 336 g/mol. The lowest BCUT2D eigenvalue weighted by atomic mass is 10.1. The number of hydrogen-bond acceptors (Lipinski definition) is 5. The molecule has 0 unspecified atom stereocenters. The van der Waals surface area contributed by atoms with Gasteiger partial charge in [-0.25, -0.2) is 4.98 Å². The van der Waals surface area contributed by atoms with Crippen molar-refractivity contribution in [3.63, 3.8) is 0 Å². The molecule has 5 nitrogen and oxygen atoms in total. The van der Waals surface area contributed by atoms with Crippen molar-refractivity contribution >= 4 is 16.7 Å². The molecule has 0 atom stereocenters. The van der Waals surface area contributed by atoms with Crippen molar-refractivity contribution in [3.05, 3.63) is 71.6 Å².